The molecule has 1 aliphatic heterocycles. The number of alkyl halides is 3. The van der Waals surface area contributed by atoms with E-state index < -0.39 is 9.33 Å². The zero-order chi connectivity index (χ0) is 21.1. The maximum Gasteiger partial charge on any atom is 0.250 e. The quantitative estimate of drug-likeness (QED) is 0.630. The van der Waals surface area contributed by atoms with E-state index in [4.69, 9.17) is 54.7 Å². The third-order valence-electron chi connectivity index (χ3n) is 4.62. The highest BCUT2D eigenvalue weighted by molar-refractivity contribution is 6.66. The number of anilines is 1. The van der Waals surface area contributed by atoms with Crippen LogP contribution in [0.1, 0.15) is 18.7 Å². The normalized spacial score (nSPS) is 16.3. The number of ether oxygens (including phenoxy) is 3. The molecule has 158 valence electrons. The second kappa shape index (κ2) is 9.06. The third kappa shape index (κ3) is 5.52. The van der Waals surface area contributed by atoms with E-state index in [1.807, 2.05) is 0 Å². The van der Waals surface area contributed by atoms with Gasteiger partial charge in [-0.05, 0) is 31.0 Å². The fourth-order valence-electron chi connectivity index (χ4n) is 2.90. The average molecular weight is 463 g/mol. The van der Waals surface area contributed by atoms with Crippen LogP contribution in [0.5, 0.6) is 11.5 Å². The van der Waals surface area contributed by atoms with Crippen molar-refractivity contribution in [3.05, 3.63) is 24.0 Å². The first-order valence-corrected chi connectivity index (χ1v) is 10.0. The van der Waals surface area contributed by atoms with Crippen LogP contribution in [0.3, 0.4) is 0 Å². The van der Waals surface area contributed by atoms with Gasteiger partial charge < -0.3 is 25.3 Å². The molecule has 29 heavy (non-hydrogen) atoms. The van der Waals surface area contributed by atoms with Gasteiger partial charge in [-0.3, -0.25) is 0 Å². The first-order valence-electron chi connectivity index (χ1n) is 8.90. The molecule has 0 radical (unpaired) electrons. The Bertz CT molecular complexity index is 857. The van der Waals surface area contributed by atoms with Crippen molar-refractivity contribution < 1.29 is 14.2 Å². The minimum Gasteiger partial charge on any atom is -0.493 e. The average Bonchev–Trinajstić information content (AvgIpc) is 2.71. The molecule has 3 rings (SSSR count). The minimum atomic E-state index is -1.82. The number of halogens is 3. The van der Waals surface area contributed by atoms with Gasteiger partial charge in [-0.15, -0.1) is 0 Å². The predicted molar refractivity (Wildman–Crippen MR) is 113 cm³/mol. The monoisotopic (exact) mass is 461 g/mol. The molecule has 0 aliphatic carbocycles. The minimum absolute atomic E-state index is 0.00262. The second-order valence-corrected chi connectivity index (χ2v) is 8.98. The van der Waals surface area contributed by atoms with Gasteiger partial charge in [0.25, 0.3) is 0 Å². The topological polar surface area (TPSA) is 104 Å². The zero-order valence-electron chi connectivity index (χ0n) is 16.0. The molecule has 1 aromatic heterocycles. The number of hydrogen-bond donors (Lipinski definition) is 2. The van der Waals surface area contributed by atoms with Crippen LogP contribution in [0.25, 0.3) is 11.4 Å². The van der Waals surface area contributed by atoms with Crippen molar-refractivity contribution in [2.45, 2.75) is 22.2 Å². The summed E-state index contributed by atoms with van der Waals surface area (Å²) in [6, 6.07) is 5.27. The van der Waals surface area contributed by atoms with Gasteiger partial charge in [-0.1, -0.05) is 34.8 Å². The van der Waals surface area contributed by atoms with Crippen molar-refractivity contribution in [3.8, 4) is 22.9 Å². The number of aromatic nitrogens is 3. The Labute approximate surface area is 184 Å². The molecule has 8 nitrogen and oxygen atoms in total. The van der Waals surface area contributed by atoms with Gasteiger partial charge in [0.15, 0.2) is 23.1 Å². The van der Waals surface area contributed by atoms with E-state index in [-0.39, 0.29) is 11.8 Å². The molecule has 0 amide bonds. The number of rotatable bonds is 6. The van der Waals surface area contributed by atoms with Gasteiger partial charge >= 0.3 is 0 Å². The predicted octanol–water partition coefficient (Wildman–Crippen LogP) is 3.30. The molecular formula is C18H22Cl3N5O3. The second-order valence-electron chi connectivity index (χ2n) is 6.70. The Morgan fingerprint density at radius 3 is 2.41 bits per heavy atom. The number of nitrogens with zero attached hydrogens (tertiary/aromatic N) is 3. The third-order valence-corrected chi connectivity index (χ3v) is 5.12. The van der Waals surface area contributed by atoms with Crippen molar-refractivity contribution in [2.75, 3.05) is 39.3 Å². The van der Waals surface area contributed by atoms with E-state index in [9.17, 15) is 0 Å². The van der Waals surface area contributed by atoms with Crippen molar-refractivity contribution in [2.24, 2.45) is 5.73 Å². The SMILES string of the molecule is COc1ccc(-c2nc(NCC3(N)CCOCC3)nc(C(Cl)(Cl)Cl)n2)cc1OC. The van der Waals surface area contributed by atoms with Crippen molar-refractivity contribution in [3.63, 3.8) is 0 Å². The summed E-state index contributed by atoms with van der Waals surface area (Å²) in [6.07, 6.45) is 1.45. The van der Waals surface area contributed by atoms with Crippen molar-refractivity contribution in [1.82, 2.24) is 15.0 Å². The summed E-state index contributed by atoms with van der Waals surface area (Å²) in [5.74, 6) is 1.70. The molecule has 0 atom stereocenters. The van der Waals surface area contributed by atoms with Crippen LogP contribution in [-0.2, 0) is 8.53 Å². The molecule has 1 saturated heterocycles. The Morgan fingerprint density at radius 2 is 1.79 bits per heavy atom. The smallest absolute Gasteiger partial charge is 0.250 e. The van der Waals surface area contributed by atoms with Crippen LogP contribution in [0.15, 0.2) is 18.2 Å². The number of benzene rings is 1. The molecule has 0 unspecified atom stereocenters. The van der Waals surface area contributed by atoms with E-state index in [0.717, 1.165) is 12.8 Å². The van der Waals surface area contributed by atoms with Crippen LogP contribution < -0.4 is 20.5 Å². The summed E-state index contributed by atoms with van der Waals surface area (Å²) in [5, 5.41) is 3.15. The molecule has 3 N–H and O–H groups in total. The number of nitrogens with one attached hydrogen (secondary N) is 1. The van der Waals surface area contributed by atoms with Gasteiger partial charge in [0.05, 0.1) is 14.2 Å². The Kier molecular flexibility index (Phi) is 6.90. The van der Waals surface area contributed by atoms with Crippen LogP contribution in [0.4, 0.5) is 5.95 Å². The number of hydrogen-bond acceptors (Lipinski definition) is 8. The summed E-state index contributed by atoms with van der Waals surface area (Å²) in [6.45, 7) is 1.68. The van der Waals surface area contributed by atoms with Crippen LogP contribution in [-0.4, -0.2) is 54.5 Å². The van der Waals surface area contributed by atoms with Crippen LogP contribution in [0.2, 0.25) is 0 Å². The summed E-state index contributed by atoms with van der Waals surface area (Å²) < 4.78 is 14.2. The van der Waals surface area contributed by atoms with Crippen LogP contribution in [0, 0.1) is 0 Å². The van der Waals surface area contributed by atoms with Gasteiger partial charge in [0.2, 0.25) is 9.74 Å². The summed E-state index contributed by atoms with van der Waals surface area (Å²) in [4.78, 5) is 13.0. The fourth-order valence-corrected chi connectivity index (χ4v) is 3.15. The van der Waals surface area contributed by atoms with E-state index in [1.165, 1.54) is 0 Å². The molecule has 1 aromatic carbocycles. The fraction of sp³-hybridized carbons (Fsp3) is 0.500. The highest BCUT2D eigenvalue weighted by Gasteiger charge is 2.31. The summed E-state index contributed by atoms with van der Waals surface area (Å²) in [5.41, 5.74) is 6.66. The molecular weight excluding hydrogens is 441 g/mol. The lowest BCUT2D eigenvalue weighted by Gasteiger charge is -2.33. The molecule has 2 aromatic rings. The summed E-state index contributed by atoms with van der Waals surface area (Å²) in [7, 11) is 3.10. The van der Waals surface area contributed by atoms with Gasteiger partial charge in [0.1, 0.15) is 0 Å². The highest BCUT2D eigenvalue weighted by atomic mass is 35.6. The lowest BCUT2D eigenvalue weighted by molar-refractivity contribution is 0.0574. The lowest BCUT2D eigenvalue weighted by Crippen LogP contribution is -2.50. The van der Waals surface area contributed by atoms with Gasteiger partial charge in [-0.25, -0.2) is 4.98 Å². The highest BCUT2D eigenvalue weighted by Crippen LogP contribution is 2.37. The largest absolute Gasteiger partial charge is 0.493 e. The lowest BCUT2D eigenvalue weighted by atomic mass is 9.91. The van der Waals surface area contributed by atoms with E-state index in [1.54, 1.807) is 32.4 Å². The Morgan fingerprint density at radius 1 is 1.10 bits per heavy atom. The molecule has 1 aliphatic rings. The summed E-state index contributed by atoms with van der Waals surface area (Å²) >= 11 is 18.1. The van der Waals surface area contributed by atoms with E-state index >= 15 is 0 Å². The number of methoxy groups -OCH3 is 2. The van der Waals surface area contributed by atoms with Crippen molar-refractivity contribution in [1.29, 1.82) is 0 Å². The first-order chi connectivity index (χ1) is 13.7. The molecule has 2 heterocycles. The maximum absolute atomic E-state index is 6.43. The molecule has 0 bridgehead atoms. The van der Waals surface area contributed by atoms with E-state index in [0.29, 0.717) is 42.6 Å². The van der Waals surface area contributed by atoms with Crippen LogP contribution >= 0.6 is 34.8 Å². The van der Waals surface area contributed by atoms with Gasteiger partial charge in [0, 0.05) is 30.9 Å². The maximum atomic E-state index is 6.43. The standard InChI is InChI=1S/C18H22Cl3N5O3/c1-27-12-4-3-11(9-13(12)28-2)14-24-15(18(19,20)21)26-16(25-14)23-10-17(22)5-7-29-8-6-17/h3-4,9H,5-8,10,22H2,1-2H3,(H,23,24,25,26). The van der Waals surface area contributed by atoms with Gasteiger partial charge in [-0.2, -0.15) is 9.97 Å². The Balaban J connectivity index is 1.94. The first kappa shape index (κ1) is 22.1. The molecule has 0 saturated carbocycles. The molecule has 11 heteroatoms. The molecule has 1 fully saturated rings. The van der Waals surface area contributed by atoms with E-state index in [2.05, 4.69) is 20.3 Å². The Hall–Kier alpha value is -1.58. The number of nitrogens with two attached hydrogens (primary N) is 1. The zero-order valence-corrected chi connectivity index (χ0v) is 18.3. The molecule has 0 spiro atoms. The van der Waals surface area contributed by atoms with Crippen molar-refractivity contribution >= 4 is 40.8 Å².